The largest absolute Gasteiger partial charge is 0.364 e. The van der Waals surface area contributed by atoms with E-state index in [1.165, 1.54) is 21.1 Å². The van der Waals surface area contributed by atoms with Gasteiger partial charge in [-0.25, -0.2) is 8.42 Å². The van der Waals surface area contributed by atoms with E-state index >= 15 is 0 Å². The normalized spacial score (nSPS) is 15.3. The lowest BCUT2D eigenvalue weighted by Crippen LogP contribution is -2.48. The van der Waals surface area contributed by atoms with Crippen molar-refractivity contribution in [2.45, 2.75) is 24.2 Å². The van der Waals surface area contributed by atoms with Crippen molar-refractivity contribution in [3.63, 3.8) is 0 Å². The molecule has 1 aromatic carbocycles. The molecule has 1 fully saturated rings. The Hall–Kier alpha value is -3.64. The first-order valence-electron chi connectivity index (χ1n) is 10.8. The van der Waals surface area contributed by atoms with Crippen LogP contribution in [-0.4, -0.2) is 53.1 Å². The predicted molar refractivity (Wildman–Crippen MR) is 124 cm³/mol. The lowest BCUT2D eigenvalue weighted by molar-refractivity contribution is -0.131. The van der Waals surface area contributed by atoms with Gasteiger partial charge in [-0.3, -0.25) is 25.2 Å². The van der Waals surface area contributed by atoms with E-state index < -0.39 is 21.8 Å². The number of nitrogens with zero attached hydrogens (tertiary/aromatic N) is 2. The van der Waals surface area contributed by atoms with Crippen molar-refractivity contribution in [3.05, 3.63) is 54.0 Å². The second-order valence-corrected chi connectivity index (χ2v) is 10.2. The number of hydrogen-bond acceptors (Lipinski definition) is 5. The molecule has 0 radical (unpaired) electrons. The zero-order chi connectivity index (χ0) is 24.5. The van der Waals surface area contributed by atoms with Gasteiger partial charge in [-0.15, -0.1) is 0 Å². The fraction of sp³-hybridized carbons (Fsp3) is 0.318. The summed E-state index contributed by atoms with van der Waals surface area (Å²) in [5.41, 5.74) is 12.0. The van der Waals surface area contributed by atoms with E-state index in [1.807, 2.05) is 24.3 Å². The molecule has 3 aromatic rings. The van der Waals surface area contributed by atoms with Gasteiger partial charge in [0.15, 0.2) is 0 Å². The van der Waals surface area contributed by atoms with Crippen LogP contribution in [0.2, 0.25) is 0 Å². The van der Waals surface area contributed by atoms with Crippen LogP contribution in [0.5, 0.6) is 0 Å². The van der Waals surface area contributed by atoms with Crippen molar-refractivity contribution < 1.29 is 22.8 Å². The number of rotatable bonds is 6. The van der Waals surface area contributed by atoms with Gasteiger partial charge in [-0.1, -0.05) is 18.2 Å². The number of aromatic amines is 1. The summed E-state index contributed by atoms with van der Waals surface area (Å²) in [5, 5.41) is 0.943. The Morgan fingerprint density at radius 2 is 1.85 bits per heavy atom. The van der Waals surface area contributed by atoms with Crippen LogP contribution in [0, 0.1) is 5.92 Å². The molecule has 11 nitrogen and oxygen atoms in total. The number of nitrogens with one attached hydrogen (secondary N) is 3. The van der Waals surface area contributed by atoms with Gasteiger partial charge >= 0.3 is 0 Å². The maximum absolute atomic E-state index is 12.9. The van der Waals surface area contributed by atoms with Crippen LogP contribution in [0.3, 0.4) is 0 Å². The lowest BCUT2D eigenvalue weighted by atomic mass is 9.98. The van der Waals surface area contributed by atoms with Gasteiger partial charge in [0.05, 0.1) is 6.42 Å². The zero-order valence-electron chi connectivity index (χ0n) is 18.6. The van der Waals surface area contributed by atoms with E-state index in [4.69, 9.17) is 5.73 Å². The highest BCUT2D eigenvalue weighted by molar-refractivity contribution is 7.89. The van der Waals surface area contributed by atoms with Crippen molar-refractivity contribution >= 4 is 38.6 Å². The second-order valence-electron chi connectivity index (χ2n) is 8.29. The summed E-state index contributed by atoms with van der Waals surface area (Å²) in [6.45, 7) is 0.287. The molecule has 3 amide bonds. The minimum atomic E-state index is -3.82. The van der Waals surface area contributed by atoms with Gasteiger partial charge in [-0.2, -0.15) is 4.31 Å². The van der Waals surface area contributed by atoms with E-state index in [9.17, 15) is 22.8 Å². The number of amides is 3. The van der Waals surface area contributed by atoms with Crippen LogP contribution in [0.15, 0.2) is 47.6 Å². The summed E-state index contributed by atoms with van der Waals surface area (Å²) < 4.78 is 28.5. The number of carbonyl (C=O) groups is 3. The Bertz CT molecular complexity index is 1350. The summed E-state index contributed by atoms with van der Waals surface area (Å²) in [5.74, 6) is -1.87. The Labute approximate surface area is 196 Å². The van der Waals surface area contributed by atoms with Crippen molar-refractivity contribution in [1.29, 1.82) is 0 Å². The van der Waals surface area contributed by atoms with Crippen molar-refractivity contribution in [3.8, 4) is 0 Å². The van der Waals surface area contributed by atoms with E-state index in [1.54, 1.807) is 13.2 Å². The first kappa shape index (κ1) is 23.5. The quantitative estimate of drug-likeness (QED) is 0.371. The number of primary amides is 1. The smallest absolute Gasteiger partial charge is 0.265 e. The standard InChI is InChI=1S/C22H26N6O5S/c1-27-13-16(11-19(27)21(23)30)34(32,33)28-8-6-14(7-9-28)22(31)26-25-20(29)10-15-12-24-18-5-3-2-4-17(15)18/h2-5,11-14,24H,6-10H2,1H3,(H2,23,30)(H,25,29)(H,26,31). The molecule has 5 N–H and O–H groups in total. The number of piperidine rings is 1. The Kier molecular flexibility index (Phi) is 6.44. The third kappa shape index (κ3) is 4.68. The molecule has 1 aliphatic heterocycles. The van der Waals surface area contributed by atoms with Gasteiger partial charge in [0.25, 0.3) is 5.91 Å². The number of H-pyrrole nitrogens is 1. The lowest BCUT2D eigenvalue weighted by Gasteiger charge is -2.30. The number of hydrazine groups is 1. The van der Waals surface area contributed by atoms with Crippen LogP contribution in [0.1, 0.15) is 28.9 Å². The molecule has 0 spiro atoms. The predicted octanol–water partition coefficient (Wildman–Crippen LogP) is 0.396. The number of sulfonamides is 1. The number of benzene rings is 1. The van der Waals surface area contributed by atoms with Crippen LogP contribution in [0.25, 0.3) is 10.9 Å². The number of nitrogens with two attached hydrogens (primary N) is 1. The summed E-state index contributed by atoms with van der Waals surface area (Å²) in [6.07, 6.45) is 3.82. The van der Waals surface area contributed by atoms with Gasteiger partial charge in [0.1, 0.15) is 10.6 Å². The third-order valence-corrected chi connectivity index (χ3v) is 7.91. The van der Waals surface area contributed by atoms with Crippen molar-refractivity contribution in [1.82, 2.24) is 24.7 Å². The van der Waals surface area contributed by atoms with Gasteiger partial charge < -0.3 is 15.3 Å². The fourth-order valence-electron chi connectivity index (χ4n) is 4.16. The molecule has 4 rings (SSSR count). The van der Waals surface area contributed by atoms with E-state index in [2.05, 4.69) is 15.8 Å². The highest BCUT2D eigenvalue weighted by Gasteiger charge is 2.33. The number of aryl methyl sites for hydroxylation is 1. The minimum absolute atomic E-state index is 0.0174. The SMILES string of the molecule is Cn1cc(S(=O)(=O)N2CCC(C(=O)NNC(=O)Cc3c[nH]c4ccccc34)CC2)cc1C(N)=O. The number of fused-ring (bicyclic) bond motifs is 1. The zero-order valence-corrected chi connectivity index (χ0v) is 19.4. The molecule has 2 aromatic heterocycles. The molecule has 0 saturated carbocycles. The van der Waals surface area contributed by atoms with Crippen LogP contribution in [-0.2, 0) is 33.1 Å². The second kappa shape index (κ2) is 9.31. The first-order valence-corrected chi connectivity index (χ1v) is 12.2. The highest BCUT2D eigenvalue weighted by Crippen LogP contribution is 2.25. The summed E-state index contributed by atoms with van der Waals surface area (Å²) in [6, 6.07) is 8.87. The first-order chi connectivity index (χ1) is 16.2. The van der Waals surface area contributed by atoms with Crippen LogP contribution >= 0.6 is 0 Å². The fourth-order valence-corrected chi connectivity index (χ4v) is 5.70. The average molecular weight is 487 g/mol. The molecular weight excluding hydrogens is 460 g/mol. The topological polar surface area (TPSA) is 159 Å². The average Bonchev–Trinajstić information content (AvgIpc) is 3.42. The van der Waals surface area contributed by atoms with Crippen molar-refractivity contribution in [2.75, 3.05) is 13.1 Å². The van der Waals surface area contributed by atoms with Gasteiger partial charge in [-0.05, 0) is 30.5 Å². The third-order valence-electron chi connectivity index (χ3n) is 6.05. The van der Waals surface area contributed by atoms with E-state index in [0.717, 1.165) is 16.5 Å². The van der Waals surface area contributed by atoms with Crippen LogP contribution in [0.4, 0.5) is 0 Å². The Balaban J connectivity index is 1.29. The maximum atomic E-state index is 12.9. The Morgan fingerprint density at radius 1 is 1.15 bits per heavy atom. The molecule has 0 atom stereocenters. The molecule has 1 aliphatic rings. The van der Waals surface area contributed by atoms with Crippen LogP contribution < -0.4 is 16.6 Å². The van der Waals surface area contributed by atoms with Gasteiger partial charge in [0.2, 0.25) is 21.8 Å². The molecule has 1 saturated heterocycles. The molecule has 3 heterocycles. The molecule has 0 aliphatic carbocycles. The van der Waals surface area contributed by atoms with Gasteiger partial charge in [0, 0.05) is 49.4 Å². The summed E-state index contributed by atoms with van der Waals surface area (Å²) >= 11 is 0. The molecule has 0 unspecified atom stereocenters. The monoisotopic (exact) mass is 486 g/mol. The molecule has 12 heteroatoms. The number of hydrogen-bond donors (Lipinski definition) is 4. The molecular formula is C22H26N6O5S. The number of carbonyl (C=O) groups excluding carboxylic acids is 3. The van der Waals surface area contributed by atoms with Crippen molar-refractivity contribution in [2.24, 2.45) is 18.7 Å². The maximum Gasteiger partial charge on any atom is 0.265 e. The number of aromatic nitrogens is 2. The molecule has 180 valence electrons. The number of para-hydroxylation sites is 1. The molecule has 34 heavy (non-hydrogen) atoms. The van der Waals surface area contributed by atoms with E-state index in [0.29, 0.717) is 12.8 Å². The minimum Gasteiger partial charge on any atom is -0.364 e. The Morgan fingerprint density at radius 3 is 2.53 bits per heavy atom. The summed E-state index contributed by atoms with van der Waals surface area (Å²) in [4.78, 5) is 39.3. The summed E-state index contributed by atoms with van der Waals surface area (Å²) in [7, 11) is -2.27. The molecule has 0 bridgehead atoms. The highest BCUT2D eigenvalue weighted by atomic mass is 32.2. The van der Waals surface area contributed by atoms with E-state index in [-0.39, 0.29) is 41.9 Å².